The summed E-state index contributed by atoms with van der Waals surface area (Å²) in [5.74, 6) is 0. The van der Waals surface area contributed by atoms with Gasteiger partial charge in [0.1, 0.15) is 0 Å². The molecule has 0 aliphatic heterocycles. The SMILES string of the molecule is CN(C)CCOCc1cc2n[nH]c(=O)n2c2cc(-c3ccsc3)ccc12. The molecule has 6 nitrogen and oxygen atoms in total. The second-order valence-electron chi connectivity index (χ2n) is 6.49. The zero-order chi connectivity index (χ0) is 18.1. The van der Waals surface area contributed by atoms with Crippen molar-refractivity contribution >= 4 is 27.9 Å². The van der Waals surface area contributed by atoms with Crippen molar-refractivity contribution in [1.29, 1.82) is 0 Å². The van der Waals surface area contributed by atoms with Gasteiger partial charge in [-0.3, -0.25) is 0 Å². The van der Waals surface area contributed by atoms with E-state index in [9.17, 15) is 4.79 Å². The van der Waals surface area contributed by atoms with Crippen LogP contribution in [-0.2, 0) is 11.3 Å². The topological polar surface area (TPSA) is 62.6 Å². The van der Waals surface area contributed by atoms with Gasteiger partial charge in [0.15, 0.2) is 5.65 Å². The molecule has 0 saturated heterocycles. The van der Waals surface area contributed by atoms with Crippen molar-refractivity contribution in [3.8, 4) is 11.1 Å². The first-order chi connectivity index (χ1) is 12.6. The number of hydrogen-bond donors (Lipinski definition) is 1. The van der Waals surface area contributed by atoms with E-state index in [-0.39, 0.29) is 5.69 Å². The molecule has 0 bridgehead atoms. The molecule has 0 aliphatic rings. The van der Waals surface area contributed by atoms with Crippen LogP contribution in [0.15, 0.2) is 45.9 Å². The average Bonchev–Trinajstić information content (AvgIpc) is 3.28. The number of aromatic amines is 1. The van der Waals surface area contributed by atoms with Crippen LogP contribution >= 0.6 is 11.3 Å². The van der Waals surface area contributed by atoms with Crippen molar-refractivity contribution in [2.24, 2.45) is 0 Å². The lowest BCUT2D eigenvalue weighted by atomic mass is 10.0. The molecule has 4 aromatic rings. The number of H-pyrrole nitrogens is 1. The molecule has 0 radical (unpaired) electrons. The Hall–Kier alpha value is -2.48. The molecular weight excluding hydrogens is 348 g/mol. The molecule has 0 fully saturated rings. The molecule has 0 amide bonds. The van der Waals surface area contributed by atoms with Crippen LogP contribution in [-0.4, -0.2) is 46.7 Å². The Balaban J connectivity index is 1.80. The highest BCUT2D eigenvalue weighted by Gasteiger charge is 2.12. The fourth-order valence-corrected chi connectivity index (χ4v) is 3.68. The largest absolute Gasteiger partial charge is 0.375 e. The maximum Gasteiger partial charge on any atom is 0.348 e. The number of nitrogens with one attached hydrogen (secondary N) is 1. The number of fused-ring (bicyclic) bond motifs is 3. The number of hydrogen-bond acceptors (Lipinski definition) is 5. The highest BCUT2D eigenvalue weighted by Crippen LogP contribution is 2.28. The summed E-state index contributed by atoms with van der Waals surface area (Å²) in [6.07, 6.45) is 0. The minimum absolute atomic E-state index is 0.229. The van der Waals surface area contributed by atoms with Gasteiger partial charge in [-0.25, -0.2) is 14.3 Å². The predicted octanol–water partition coefficient (Wildman–Crippen LogP) is 2.98. The summed E-state index contributed by atoms with van der Waals surface area (Å²) < 4.78 is 7.45. The second kappa shape index (κ2) is 7.03. The van der Waals surface area contributed by atoms with Crippen molar-refractivity contribution in [2.75, 3.05) is 27.2 Å². The molecule has 0 spiro atoms. The van der Waals surface area contributed by atoms with Gasteiger partial charge in [0.25, 0.3) is 0 Å². The van der Waals surface area contributed by atoms with Crippen LogP contribution in [0.4, 0.5) is 0 Å². The minimum Gasteiger partial charge on any atom is -0.375 e. The van der Waals surface area contributed by atoms with E-state index in [4.69, 9.17) is 4.74 Å². The summed E-state index contributed by atoms with van der Waals surface area (Å²) in [5, 5.41) is 11.8. The molecular formula is C19H20N4O2S. The van der Waals surface area contributed by atoms with Gasteiger partial charge in [-0.1, -0.05) is 12.1 Å². The van der Waals surface area contributed by atoms with Gasteiger partial charge >= 0.3 is 5.69 Å². The Morgan fingerprint density at radius 1 is 1.23 bits per heavy atom. The highest BCUT2D eigenvalue weighted by molar-refractivity contribution is 7.08. The number of benzene rings is 1. The summed E-state index contributed by atoms with van der Waals surface area (Å²) in [6, 6.07) is 10.2. The van der Waals surface area contributed by atoms with Gasteiger partial charge < -0.3 is 9.64 Å². The maximum atomic E-state index is 12.2. The number of pyridine rings is 1. The van der Waals surface area contributed by atoms with Crippen molar-refractivity contribution < 1.29 is 4.74 Å². The Morgan fingerprint density at radius 3 is 2.88 bits per heavy atom. The Bertz CT molecular complexity index is 1100. The summed E-state index contributed by atoms with van der Waals surface area (Å²) in [7, 11) is 4.04. The molecule has 0 unspecified atom stereocenters. The van der Waals surface area contributed by atoms with E-state index in [2.05, 4.69) is 38.7 Å². The Kier molecular flexibility index (Phi) is 4.58. The monoisotopic (exact) mass is 368 g/mol. The Morgan fingerprint density at radius 2 is 2.12 bits per heavy atom. The van der Waals surface area contributed by atoms with Gasteiger partial charge in [-0.15, -0.1) is 0 Å². The van der Waals surface area contributed by atoms with E-state index < -0.39 is 0 Å². The smallest absolute Gasteiger partial charge is 0.348 e. The molecule has 4 rings (SSSR count). The molecule has 1 aromatic carbocycles. The normalized spacial score (nSPS) is 11.8. The standard InChI is InChI=1S/C19H20N4O2S/c1-22(2)6-7-25-11-15-10-18-20-21-19(24)23(18)17-9-13(3-4-16(15)17)14-5-8-26-12-14/h3-5,8-10,12H,6-7,11H2,1-2H3,(H,21,24). The van der Waals surface area contributed by atoms with E-state index in [1.807, 2.05) is 31.6 Å². The summed E-state index contributed by atoms with van der Waals surface area (Å²) >= 11 is 1.66. The van der Waals surface area contributed by atoms with Crippen LogP contribution in [0.1, 0.15) is 5.56 Å². The first kappa shape index (κ1) is 17.0. The van der Waals surface area contributed by atoms with Gasteiger partial charge in [0.05, 0.1) is 18.7 Å². The third kappa shape index (κ3) is 3.16. The first-order valence-corrected chi connectivity index (χ1v) is 9.35. The molecule has 0 atom stereocenters. The van der Waals surface area contributed by atoms with Crippen molar-refractivity contribution in [1.82, 2.24) is 19.5 Å². The van der Waals surface area contributed by atoms with Crippen molar-refractivity contribution in [3.05, 3.63) is 57.1 Å². The Labute approximate surface area is 154 Å². The van der Waals surface area contributed by atoms with Crippen molar-refractivity contribution in [2.45, 2.75) is 6.61 Å². The lowest BCUT2D eigenvalue weighted by molar-refractivity contribution is 0.106. The van der Waals surface area contributed by atoms with Crippen LogP contribution in [0.5, 0.6) is 0 Å². The fourth-order valence-electron chi connectivity index (χ4n) is 3.02. The number of likely N-dealkylation sites (N-methyl/N-ethyl adjacent to an activating group) is 1. The average molecular weight is 368 g/mol. The van der Waals surface area contributed by atoms with Crippen LogP contribution in [0, 0.1) is 0 Å². The molecule has 1 N–H and O–H groups in total. The van der Waals surface area contributed by atoms with E-state index >= 15 is 0 Å². The van der Waals surface area contributed by atoms with Crippen LogP contribution in [0.2, 0.25) is 0 Å². The number of ether oxygens (including phenoxy) is 1. The maximum absolute atomic E-state index is 12.2. The molecule has 3 aromatic heterocycles. The van der Waals surface area contributed by atoms with Crippen LogP contribution in [0.3, 0.4) is 0 Å². The predicted molar refractivity (Wildman–Crippen MR) is 105 cm³/mol. The second-order valence-corrected chi connectivity index (χ2v) is 7.27. The highest BCUT2D eigenvalue weighted by atomic mass is 32.1. The zero-order valence-electron chi connectivity index (χ0n) is 14.7. The first-order valence-electron chi connectivity index (χ1n) is 8.41. The number of nitrogens with zero attached hydrogens (tertiary/aromatic N) is 3. The quantitative estimate of drug-likeness (QED) is 0.532. The summed E-state index contributed by atoms with van der Waals surface area (Å²) in [4.78, 5) is 14.3. The zero-order valence-corrected chi connectivity index (χ0v) is 15.5. The third-order valence-corrected chi connectivity index (χ3v) is 5.06. The van der Waals surface area contributed by atoms with Crippen LogP contribution < -0.4 is 5.69 Å². The lowest BCUT2D eigenvalue weighted by Crippen LogP contribution is -2.18. The van der Waals surface area contributed by atoms with Gasteiger partial charge in [-0.05, 0) is 59.7 Å². The van der Waals surface area contributed by atoms with E-state index in [1.165, 1.54) is 0 Å². The summed E-state index contributed by atoms with van der Waals surface area (Å²) in [5.41, 5.74) is 4.48. The molecule has 0 saturated carbocycles. The van der Waals surface area contributed by atoms with E-state index in [1.54, 1.807) is 15.7 Å². The number of aromatic nitrogens is 3. The molecule has 3 heterocycles. The minimum atomic E-state index is -0.229. The number of thiophene rings is 1. The van der Waals surface area contributed by atoms with Gasteiger partial charge in [-0.2, -0.15) is 16.4 Å². The van der Waals surface area contributed by atoms with E-state index in [0.29, 0.717) is 18.9 Å². The lowest BCUT2D eigenvalue weighted by Gasteiger charge is -2.12. The molecule has 0 aliphatic carbocycles. The van der Waals surface area contributed by atoms with Gasteiger partial charge in [0, 0.05) is 11.9 Å². The number of rotatable bonds is 6. The molecule has 134 valence electrons. The molecule has 7 heteroatoms. The fraction of sp³-hybridized carbons (Fsp3) is 0.263. The third-order valence-electron chi connectivity index (χ3n) is 4.38. The summed E-state index contributed by atoms with van der Waals surface area (Å²) in [6.45, 7) is 2.00. The van der Waals surface area contributed by atoms with Crippen LogP contribution in [0.25, 0.3) is 27.7 Å². The van der Waals surface area contributed by atoms with Gasteiger partial charge in [0.2, 0.25) is 0 Å². The van der Waals surface area contributed by atoms with Crippen molar-refractivity contribution in [3.63, 3.8) is 0 Å². The molecule has 26 heavy (non-hydrogen) atoms. The van der Waals surface area contributed by atoms with E-state index in [0.717, 1.165) is 34.1 Å².